The molecular weight excluding hydrogens is 136 g/mol. The van der Waals surface area contributed by atoms with Crippen LogP contribution in [0.3, 0.4) is 0 Å². The molecule has 0 radical (unpaired) electrons. The first-order valence-electron chi connectivity index (χ1n) is 3.35. The minimum Gasteiger partial charge on any atom is -0.299 e. The fourth-order valence-electron chi connectivity index (χ4n) is 1.10. The summed E-state index contributed by atoms with van der Waals surface area (Å²) in [5, 5.41) is 0. The van der Waals surface area contributed by atoms with Crippen LogP contribution in [0.1, 0.15) is 0 Å². The van der Waals surface area contributed by atoms with Crippen LogP contribution in [0.2, 0.25) is 0 Å². The molecular formula is C7H11F2N. The average molecular weight is 147 g/mol. The average Bonchev–Trinajstić information content (AvgIpc) is 1.76. The summed E-state index contributed by atoms with van der Waals surface area (Å²) in [7, 11) is 0. The van der Waals surface area contributed by atoms with E-state index in [0.29, 0.717) is 13.1 Å². The molecule has 0 aromatic rings. The second-order valence-electron chi connectivity index (χ2n) is 2.60. The van der Waals surface area contributed by atoms with Crippen LogP contribution >= 0.6 is 0 Å². The van der Waals surface area contributed by atoms with Crippen molar-refractivity contribution < 1.29 is 8.78 Å². The molecule has 0 amide bonds. The molecule has 0 aliphatic carbocycles. The van der Waals surface area contributed by atoms with E-state index in [1.54, 1.807) is 6.08 Å². The van der Waals surface area contributed by atoms with E-state index in [0.717, 1.165) is 6.54 Å². The number of alkyl halides is 2. The van der Waals surface area contributed by atoms with E-state index < -0.39 is 6.43 Å². The minimum absolute atomic E-state index is 0.389. The van der Waals surface area contributed by atoms with Crippen LogP contribution in [0, 0.1) is 5.92 Å². The lowest BCUT2D eigenvalue weighted by molar-refractivity contribution is -0.0186. The number of hydrogen-bond donors (Lipinski definition) is 0. The Morgan fingerprint density at radius 2 is 2.20 bits per heavy atom. The summed E-state index contributed by atoms with van der Waals surface area (Å²) in [4.78, 5) is 1.95. The molecule has 1 aliphatic rings. The Bertz CT molecular complexity index is 119. The number of halogens is 2. The first-order valence-corrected chi connectivity index (χ1v) is 3.35. The summed E-state index contributed by atoms with van der Waals surface area (Å²) in [6.07, 6.45) is -0.400. The van der Waals surface area contributed by atoms with E-state index in [2.05, 4.69) is 6.58 Å². The Morgan fingerprint density at radius 3 is 2.60 bits per heavy atom. The zero-order valence-corrected chi connectivity index (χ0v) is 5.76. The van der Waals surface area contributed by atoms with Crippen molar-refractivity contribution in [2.75, 3.05) is 19.6 Å². The van der Waals surface area contributed by atoms with E-state index in [-0.39, 0.29) is 5.92 Å². The van der Waals surface area contributed by atoms with Gasteiger partial charge in [-0.15, -0.1) is 6.58 Å². The van der Waals surface area contributed by atoms with Gasteiger partial charge in [0.05, 0.1) is 0 Å². The van der Waals surface area contributed by atoms with Crippen LogP contribution in [0.15, 0.2) is 12.7 Å². The van der Waals surface area contributed by atoms with Gasteiger partial charge >= 0.3 is 0 Å². The Balaban J connectivity index is 2.11. The molecule has 3 heteroatoms. The Hall–Kier alpha value is -0.440. The van der Waals surface area contributed by atoms with Crippen LogP contribution < -0.4 is 0 Å². The molecule has 0 aromatic heterocycles. The predicted molar refractivity (Wildman–Crippen MR) is 36.1 cm³/mol. The second-order valence-corrected chi connectivity index (χ2v) is 2.60. The first kappa shape index (κ1) is 7.66. The molecule has 1 rings (SSSR count). The maximum atomic E-state index is 11.8. The smallest absolute Gasteiger partial charge is 0.243 e. The molecule has 0 N–H and O–H groups in total. The van der Waals surface area contributed by atoms with Gasteiger partial charge in [-0.1, -0.05) is 6.08 Å². The van der Waals surface area contributed by atoms with Crippen molar-refractivity contribution in [3.05, 3.63) is 12.7 Å². The molecule has 58 valence electrons. The lowest BCUT2D eigenvalue weighted by atomic mass is 10.0. The molecule has 0 aromatic carbocycles. The van der Waals surface area contributed by atoms with Crippen molar-refractivity contribution in [1.29, 1.82) is 0 Å². The molecule has 0 unspecified atom stereocenters. The third kappa shape index (κ3) is 1.53. The molecule has 0 spiro atoms. The monoisotopic (exact) mass is 147 g/mol. The fraction of sp³-hybridized carbons (Fsp3) is 0.714. The molecule has 0 bridgehead atoms. The number of likely N-dealkylation sites (tertiary alicyclic amines) is 1. The van der Waals surface area contributed by atoms with Gasteiger partial charge in [0.25, 0.3) is 0 Å². The van der Waals surface area contributed by atoms with Crippen LogP contribution in [0.4, 0.5) is 8.78 Å². The summed E-state index contributed by atoms with van der Waals surface area (Å²) >= 11 is 0. The van der Waals surface area contributed by atoms with Crippen molar-refractivity contribution in [3.63, 3.8) is 0 Å². The van der Waals surface area contributed by atoms with Gasteiger partial charge in [0, 0.05) is 25.6 Å². The Morgan fingerprint density at radius 1 is 1.60 bits per heavy atom. The van der Waals surface area contributed by atoms with Gasteiger partial charge in [-0.2, -0.15) is 0 Å². The van der Waals surface area contributed by atoms with Gasteiger partial charge in [0.2, 0.25) is 6.43 Å². The standard InChI is InChI=1S/C7H11F2N/c1-2-3-10-4-6(5-10)7(8)9/h2,6-7H,1,3-5H2. The zero-order valence-electron chi connectivity index (χ0n) is 5.76. The number of rotatable bonds is 3. The van der Waals surface area contributed by atoms with Gasteiger partial charge in [-0.25, -0.2) is 8.78 Å². The largest absolute Gasteiger partial charge is 0.299 e. The fourth-order valence-corrected chi connectivity index (χ4v) is 1.10. The molecule has 1 aliphatic heterocycles. The highest BCUT2D eigenvalue weighted by molar-refractivity contribution is 4.85. The summed E-state index contributed by atoms with van der Waals surface area (Å²) < 4.78 is 23.7. The molecule has 1 heterocycles. The molecule has 1 saturated heterocycles. The van der Waals surface area contributed by atoms with Gasteiger partial charge in [-0.3, -0.25) is 4.90 Å². The predicted octanol–water partition coefficient (Wildman–Crippen LogP) is 1.37. The molecule has 1 fully saturated rings. The minimum atomic E-state index is -2.14. The Labute approximate surface area is 59.3 Å². The van der Waals surface area contributed by atoms with Gasteiger partial charge < -0.3 is 0 Å². The number of hydrogen-bond acceptors (Lipinski definition) is 1. The van der Waals surface area contributed by atoms with Crippen molar-refractivity contribution in [3.8, 4) is 0 Å². The van der Waals surface area contributed by atoms with Gasteiger partial charge in [-0.05, 0) is 0 Å². The summed E-state index contributed by atoms with van der Waals surface area (Å²) in [5.41, 5.74) is 0. The maximum Gasteiger partial charge on any atom is 0.243 e. The van der Waals surface area contributed by atoms with Crippen LogP contribution in [0.5, 0.6) is 0 Å². The van der Waals surface area contributed by atoms with Crippen molar-refractivity contribution >= 4 is 0 Å². The van der Waals surface area contributed by atoms with Crippen molar-refractivity contribution in [2.45, 2.75) is 6.43 Å². The second kappa shape index (κ2) is 3.10. The molecule has 10 heavy (non-hydrogen) atoms. The van der Waals surface area contributed by atoms with Crippen molar-refractivity contribution in [2.24, 2.45) is 5.92 Å². The van der Waals surface area contributed by atoms with Crippen LogP contribution in [0.25, 0.3) is 0 Å². The highest BCUT2D eigenvalue weighted by atomic mass is 19.3. The van der Waals surface area contributed by atoms with E-state index in [4.69, 9.17) is 0 Å². The molecule has 1 nitrogen and oxygen atoms in total. The lowest BCUT2D eigenvalue weighted by Gasteiger charge is -2.37. The quantitative estimate of drug-likeness (QED) is 0.545. The van der Waals surface area contributed by atoms with E-state index >= 15 is 0 Å². The first-order chi connectivity index (χ1) is 4.74. The Kier molecular flexibility index (Phi) is 2.38. The topological polar surface area (TPSA) is 3.24 Å². The molecule has 0 saturated carbocycles. The SMILES string of the molecule is C=CCN1CC(C(F)F)C1. The third-order valence-corrected chi connectivity index (χ3v) is 1.73. The lowest BCUT2D eigenvalue weighted by Crippen LogP contribution is -2.49. The van der Waals surface area contributed by atoms with E-state index in [1.807, 2.05) is 4.90 Å². The van der Waals surface area contributed by atoms with E-state index in [9.17, 15) is 8.78 Å². The van der Waals surface area contributed by atoms with Crippen molar-refractivity contribution in [1.82, 2.24) is 4.90 Å². The van der Waals surface area contributed by atoms with Gasteiger partial charge in [0.15, 0.2) is 0 Å². The van der Waals surface area contributed by atoms with Crippen LogP contribution in [-0.2, 0) is 0 Å². The number of nitrogens with zero attached hydrogens (tertiary/aromatic N) is 1. The highest BCUT2D eigenvalue weighted by Crippen LogP contribution is 2.21. The zero-order chi connectivity index (χ0) is 7.56. The molecule has 0 atom stereocenters. The van der Waals surface area contributed by atoms with Crippen LogP contribution in [-0.4, -0.2) is 31.0 Å². The highest BCUT2D eigenvalue weighted by Gasteiger charge is 2.32. The van der Waals surface area contributed by atoms with E-state index in [1.165, 1.54) is 0 Å². The van der Waals surface area contributed by atoms with Gasteiger partial charge in [0.1, 0.15) is 0 Å². The summed E-state index contributed by atoms with van der Waals surface area (Å²) in [6.45, 7) is 5.33. The normalized spacial score (nSPS) is 21.1. The third-order valence-electron chi connectivity index (χ3n) is 1.73. The summed E-state index contributed by atoms with van der Waals surface area (Å²) in [6, 6.07) is 0. The summed E-state index contributed by atoms with van der Waals surface area (Å²) in [5.74, 6) is -0.389. The maximum absolute atomic E-state index is 11.8.